The molecule has 0 saturated carbocycles. The molecule has 0 bridgehead atoms. The van der Waals surface area contributed by atoms with Crippen molar-refractivity contribution in [1.82, 2.24) is 0 Å². The molecule has 0 atom stereocenters. The van der Waals surface area contributed by atoms with Gasteiger partial charge in [-0.05, 0) is 24.3 Å². The molecule has 1 aromatic heterocycles. The topological polar surface area (TPSA) is 50.4 Å². The maximum Gasteiger partial charge on any atom is 0.339 e. The van der Waals surface area contributed by atoms with E-state index in [1.54, 1.807) is 12.1 Å². The van der Waals surface area contributed by atoms with E-state index < -0.39 is 5.97 Å². The smallest absolute Gasteiger partial charge is 0.339 e. The molecule has 0 spiro atoms. The summed E-state index contributed by atoms with van der Waals surface area (Å²) in [6.07, 6.45) is 1.34. The van der Waals surface area contributed by atoms with Crippen molar-refractivity contribution in [3.63, 3.8) is 0 Å². The zero-order valence-electron chi connectivity index (χ0n) is 8.72. The highest BCUT2D eigenvalue weighted by Gasteiger charge is 2.13. The van der Waals surface area contributed by atoms with Gasteiger partial charge in [-0.15, -0.1) is 11.8 Å². The molecule has 88 valence electrons. The molecule has 3 nitrogen and oxygen atoms in total. The number of benzene rings is 1. The number of hydrogen-bond donors (Lipinski definition) is 1. The van der Waals surface area contributed by atoms with Crippen molar-refractivity contribution >= 4 is 17.7 Å². The highest BCUT2D eigenvalue weighted by Crippen LogP contribution is 2.25. The number of thioether (sulfide) groups is 1. The first-order chi connectivity index (χ1) is 8.16. The first-order valence-corrected chi connectivity index (χ1v) is 5.83. The summed E-state index contributed by atoms with van der Waals surface area (Å²) < 4.78 is 18.0. The second-order valence-electron chi connectivity index (χ2n) is 3.31. The van der Waals surface area contributed by atoms with Gasteiger partial charge in [-0.25, -0.2) is 9.18 Å². The molecule has 0 unspecified atom stereocenters. The van der Waals surface area contributed by atoms with Gasteiger partial charge < -0.3 is 9.52 Å². The number of carbonyl (C=O) groups is 1. The standard InChI is InChI=1S/C12H9FO3S/c13-8-2-1-3-9(6-8)17-7-11-10(12(14)15)4-5-16-11/h1-6H,7H2,(H,14,15). The molecule has 1 aromatic carbocycles. The lowest BCUT2D eigenvalue weighted by atomic mass is 10.3. The van der Waals surface area contributed by atoms with Crippen molar-refractivity contribution in [2.24, 2.45) is 0 Å². The highest BCUT2D eigenvalue weighted by molar-refractivity contribution is 7.98. The average molecular weight is 252 g/mol. The van der Waals surface area contributed by atoms with Gasteiger partial charge in [-0.1, -0.05) is 6.07 Å². The van der Waals surface area contributed by atoms with Crippen LogP contribution in [0.4, 0.5) is 4.39 Å². The van der Waals surface area contributed by atoms with Crippen LogP contribution in [0.15, 0.2) is 45.9 Å². The van der Waals surface area contributed by atoms with Gasteiger partial charge in [0, 0.05) is 4.90 Å². The lowest BCUT2D eigenvalue weighted by Crippen LogP contribution is -1.97. The van der Waals surface area contributed by atoms with Crippen molar-refractivity contribution in [1.29, 1.82) is 0 Å². The Morgan fingerprint density at radius 3 is 2.94 bits per heavy atom. The normalized spacial score (nSPS) is 10.4. The van der Waals surface area contributed by atoms with E-state index in [4.69, 9.17) is 9.52 Å². The van der Waals surface area contributed by atoms with Gasteiger partial charge in [0.2, 0.25) is 0 Å². The summed E-state index contributed by atoms with van der Waals surface area (Å²) in [5.41, 5.74) is 0.147. The van der Waals surface area contributed by atoms with Crippen LogP contribution in [0.5, 0.6) is 0 Å². The molecular formula is C12H9FO3S. The molecule has 2 rings (SSSR count). The summed E-state index contributed by atoms with van der Waals surface area (Å²) in [5.74, 6) is -0.591. The third-order valence-electron chi connectivity index (χ3n) is 2.14. The van der Waals surface area contributed by atoms with Crippen LogP contribution in [0.1, 0.15) is 16.1 Å². The maximum absolute atomic E-state index is 12.9. The number of furan rings is 1. The quantitative estimate of drug-likeness (QED) is 0.847. The number of rotatable bonds is 4. The summed E-state index contributed by atoms with van der Waals surface area (Å²) in [7, 11) is 0. The lowest BCUT2D eigenvalue weighted by Gasteiger charge is -2.00. The monoisotopic (exact) mass is 252 g/mol. The minimum Gasteiger partial charge on any atom is -0.478 e. The van der Waals surface area contributed by atoms with Gasteiger partial charge in [-0.2, -0.15) is 0 Å². The van der Waals surface area contributed by atoms with E-state index in [2.05, 4.69) is 0 Å². The lowest BCUT2D eigenvalue weighted by molar-refractivity contribution is 0.0695. The van der Waals surface area contributed by atoms with Gasteiger partial charge in [-0.3, -0.25) is 0 Å². The predicted octanol–water partition coefficient (Wildman–Crippen LogP) is 3.41. The maximum atomic E-state index is 12.9. The molecular weight excluding hydrogens is 243 g/mol. The van der Waals surface area contributed by atoms with E-state index >= 15 is 0 Å². The fraction of sp³-hybridized carbons (Fsp3) is 0.0833. The molecule has 17 heavy (non-hydrogen) atoms. The summed E-state index contributed by atoms with van der Waals surface area (Å²) in [4.78, 5) is 11.6. The third-order valence-corrected chi connectivity index (χ3v) is 3.14. The molecule has 0 aliphatic carbocycles. The average Bonchev–Trinajstić information content (AvgIpc) is 2.74. The van der Waals surface area contributed by atoms with Crippen LogP contribution in [-0.2, 0) is 5.75 Å². The van der Waals surface area contributed by atoms with Crippen LogP contribution in [0.25, 0.3) is 0 Å². The first-order valence-electron chi connectivity index (χ1n) is 4.85. The van der Waals surface area contributed by atoms with E-state index in [1.807, 2.05) is 0 Å². The van der Waals surface area contributed by atoms with Crippen molar-refractivity contribution < 1.29 is 18.7 Å². The largest absolute Gasteiger partial charge is 0.478 e. The molecule has 1 heterocycles. The Morgan fingerprint density at radius 1 is 1.41 bits per heavy atom. The Labute approximate surface area is 101 Å². The molecule has 0 aliphatic rings. The minimum absolute atomic E-state index is 0.147. The number of hydrogen-bond acceptors (Lipinski definition) is 3. The van der Waals surface area contributed by atoms with Crippen molar-refractivity contribution in [2.75, 3.05) is 0 Å². The van der Waals surface area contributed by atoms with Crippen molar-refractivity contribution in [3.8, 4) is 0 Å². The second kappa shape index (κ2) is 5.05. The SMILES string of the molecule is O=C(O)c1ccoc1CSc1cccc(F)c1. The van der Waals surface area contributed by atoms with E-state index in [-0.39, 0.29) is 11.4 Å². The Morgan fingerprint density at radius 2 is 2.24 bits per heavy atom. The van der Waals surface area contributed by atoms with Crippen molar-refractivity contribution in [2.45, 2.75) is 10.6 Å². The molecule has 0 radical (unpaired) electrons. The first kappa shape index (κ1) is 11.7. The molecule has 1 N–H and O–H groups in total. The van der Waals surface area contributed by atoms with E-state index in [1.165, 1.54) is 36.2 Å². The number of carboxylic acids is 1. The molecule has 2 aromatic rings. The van der Waals surface area contributed by atoms with Gasteiger partial charge in [0.25, 0.3) is 0 Å². The third kappa shape index (κ3) is 2.88. The van der Waals surface area contributed by atoms with Crippen LogP contribution in [0.3, 0.4) is 0 Å². The fourth-order valence-electron chi connectivity index (χ4n) is 1.35. The van der Waals surface area contributed by atoms with Crippen LogP contribution >= 0.6 is 11.8 Å². The van der Waals surface area contributed by atoms with Crippen molar-refractivity contribution in [3.05, 3.63) is 53.7 Å². The van der Waals surface area contributed by atoms with E-state index in [9.17, 15) is 9.18 Å². The van der Waals surface area contributed by atoms with Gasteiger partial charge >= 0.3 is 5.97 Å². The molecule has 0 amide bonds. The van der Waals surface area contributed by atoms with Gasteiger partial charge in [0.15, 0.2) is 0 Å². The minimum atomic E-state index is -1.02. The fourth-order valence-corrected chi connectivity index (χ4v) is 2.24. The molecule has 0 saturated heterocycles. The Balaban J connectivity index is 2.07. The Kier molecular flexibility index (Phi) is 3.49. The Hall–Kier alpha value is -1.75. The zero-order chi connectivity index (χ0) is 12.3. The predicted molar refractivity (Wildman–Crippen MR) is 61.6 cm³/mol. The van der Waals surface area contributed by atoms with E-state index in [0.29, 0.717) is 11.5 Å². The van der Waals surface area contributed by atoms with Crippen LogP contribution in [0.2, 0.25) is 0 Å². The van der Waals surface area contributed by atoms with E-state index in [0.717, 1.165) is 4.90 Å². The summed E-state index contributed by atoms with van der Waals surface area (Å²) in [5, 5.41) is 8.87. The summed E-state index contributed by atoms with van der Waals surface area (Å²) in [6, 6.07) is 7.53. The number of aromatic carboxylic acids is 1. The van der Waals surface area contributed by atoms with Crippen LogP contribution < -0.4 is 0 Å². The van der Waals surface area contributed by atoms with Crippen LogP contribution in [0, 0.1) is 5.82 Å². The summed E-state index contributed by atoms with van der Waals surface area (Å²) >= 11 is 1.33. The Bertz CT molecular complexity index is 536. The highest BCUT2D eigenvalue weighted by atomic mass is 32.2. The molecule has 0 fully saturated rings. The summed E-state index contributed by atoms with van der Waals surface area (Å²) in [6.45, 7) is 0. The zero-order valence-corrected chi connectivity index (χ0v) is 9.54. The van der Waals surface area contributed by atoms with Crippen LogP contribution in [-0.4, -0.2) is 11.1 Å². The molecule has 5 heteroatoms. The molecule has 0 aliphatic heterocycles. The van der Waals surface area contributed by atoms with Gasteiger partial charge in [0.1, 0.15) is 17.1 Å². The second-order valence-corrected chi connectivity index (χ2v) is 4.36. The number of halogens is 1. The number of carboxylic acid groups (broad SMARTS) is 1. The van der Waals surface area contributed by atoms with Gasteiger partial charge in [0.05, 0.1) is 12.0 Å².